The normalized spacial score (nSPS) is 10.0. The zero-order valence-corrected chi connectivity index (χ0v) is 13.1. The van der Waals surface area contributed by atoms with Gasteiger partial charge in [0, 0.05) is 30.4 Å². The Hall–Kier alpha value is -2.69. The third-order valence-electron chi connectivity index (χ3n) is 3.34. The van der Waals surface area contributed by atoms with Crippen LogP contribution in [0.2, 0.25) is 0 Å². The number of carbonyl (C=O) groups excluding carboxylic acids is 1. The Morgan fingerprint density at radius 3 is 2.00 bits per heavy atom. The van der Waals surface area contributed by atoms with Crippen LogP contribution >= 0.6 is 0 Å². The minimum Gasteiger partial charge on any atom is -0.497 e. The lowest BCUT2D eigenvalue weighted by molar-refractivity contribution is 0.0992. The number of ether oxygens (including phenoxy) is 3. The Morgan fingerprint density at radius 2 is 1.45 bits per heavy atom. The fraction of sp³-hybridized carbons (Fsp3) is 0.235. The first kappa shape index (κ1) is 15.7. The topological polar surface area (TPSA) is 48.0 Å². The number of hydrogen-bond donors (Lipinski definition) is 0. The summed E-state index contributed by atoms with van der Waals surface area (Å²) in [4.78, 5) is 14.2. The van der Waals surface area contributed by atoms with Gasteiger partial charge in [-0.05, 0) is 24.3 Å². The number of rotatable bonds is 5. The number of amides is 1. The van der Waals surface area contributed by atoms with Gasteiger partial charge < -0.3 is 19.1 Å². The van der Waals surface area contributed by atoms with Gasteiger partial charge in [0.15, 0.2) is 0 Å². The van der Waals surface area contributed by atoms with E-state index in [1.807, 2.05) is 18.2 Å². The molecule has 5 heteroatoms. The van der Waals surface area contributed by atoms with Crippen molar-refractivity contribution in [1.29, 1.82) is 0 Å². The number of carbonyl (C=O) groups is 1. The lowest BCUT2D eigenvalue weighted by atomic mass is 10.1. The first-order chi connectivity index (χ1) is 10.6. The Morgan fingerprint density at radius 1 is 0.864 bits per heavy atom. The molecule has 0 spiro atoms. The molecule has 116 valence electrons. The standard InChI is InChI=1S/C17H19NO4/c1-18(13-6-5-7-14(10-13)20-2)17(19)12-8-15(21-3)11-16(9-12)22-4/h5-11H,1-4H3. The summed E-state index contributed by atoms with van der Waals surface area (Å²) in [6, 6.07) is 12.4. The molecule has 0 unspecified atom stereocenters. The number of benzene rings is 2. The molecule has 0 saturated carbocycles. The van der Waals surface area contributed by atoms with Gasteiger partial charge in [-0.3, -0.25) is 4.79 Å². The van der Waals surface area contributed by atoms with Crippen molar-refractivity contribution in [3.8, 4) is 17.2 Å². The van der Waals surface area contributed by atoms with Crippen molar-refractivity contribution in [2.24, 2.45) is 0 Å². The molecule has 1 amide bonds. The van der Waals surface area contributed by atoms with Gasteiger partial charge >= 0.3 is 0 Å². The first-order valence-electron chi connectivity index (χ1n) is 6.74. The second kappa shape index (κ2) is 6.85. The molecule has 0 aliphatic carbocycles. The Kier molecular flexibility index (Phi) is 4.88. The van der Waals surface area contributed by atoms with Gasteiger partial charge in [0.25, 0.3) is 5.91 Å². The summed E-state index contributed by atoms with van der Waals surface area (Å²) < 4.78 is 15.6. The molecule has 22 heavy (non-hydrogen) atoms. The number of hydrogen-bond acceptors (Lipinski definition) is 4. The molecule has 0 fully saturated rings. The van der Waals surface area contributed by atoms with Crippen molar-refractivity contribution < 1.29 is 19.0 Å². The molecule has 0 radical (unpaired) electrons. The second-order valence-electron chi connectivity index (χ2n) is 4.67. The smallest absolute Gasteiger partial charge is 0.258 e. The minimum absolute atomic E-state index is 0.162. The highest BCUT2D eigenvalue weighted by Gasteiger charge is 2.16. The average Bonchev–Trinajstić information content (AvgIpc) is 2.59. The van der Waals surface area contributed by atoms with Gasteiger partial charge in [0.05, 0.1) is 21.3 Å². The van der Waals surface area contributed by atoms with Gasteiger partial charge in [-0.15, -0.1) is 0 Å². The summed E-state index contributed by atoms with van der Waals surface area (Å²) in [6.07, 6.45) is 0. The maximum absolute atomic E-state index is 12.7. The summed E-state index contributed by atoms with van der Waals surface area (Å²) in [6.45, 7) is 0. The van der Waals surface area contributed by atoms with Crippen LogP contribution in [0, 0.1) is 0 Å². The van der Waals surface area contributed by atoms with E-state index in [1.54, 1.807) is 57.5 Å². The SMILES string of the molecule is COc1cc(OC)cc(C(=O)N(C)c2cccc(OC)c2)c1. The molecule has 5 nitrogen and oxygen atoms in total. The predicted molar refractivity (Wildman–Crippen MR) is 85.3 cm³/mol. The van der Waals surface area contributed by atoms with E-state index in [0.29, 0.717) is 22.8 Å². The predicted octanol–water partition coefficient (Wildman–Crippen LogP) is 2.99. The first-order valence-corrected chi connectivity index (χ1v) is 6.74. The molecular formula is C17H19NO4. The molecule has 0 atom stereocenters. The minimum atomic E-state index is -0.162. The highest BCUT2D eigenvalue weighted by atomic mass is 16.5. The van der Waals surface area contributed by atoms with E-state index in [0.717, 1.165) is 5.69 Å². The van der Waals surface area contributed by atoms with E-state index in [4.69, 9.17) is 14.2 Å². The summed E-state index contributed by atoms with van der Waals surface area (Å²) in [5, 5.41) is 0. The number of anilines is 1. The molecule has 0 N–H and O–H groups in total. The van der Waals surface area contributed by atoms with Crippen molar-refractivity contribution >= 4 is 11.6 Å². The van der Waals surface area contributed by atoms with Crippen LogP contribution in [0.4, 0.5) is 5.69 Å². The van der Waals surface area contributed by atoms with Gasteiger partial charge in [-0.2, -0.15) is 0 Å². The molecule has 0 aliphatic rings. The van der Waals surface area contributed by atoms with Crippen LogP contribution in [0.1, 0.15) is 10.4 Å². The van der Waals surface area contributed by atoms with Crippen molar-refractivity contribution in [2.45, 2.75) is 0 Å². The molecule has 0 aliphatic heterocycles. The van der Waals surface area contributed by atoms with Gasteiger partial charge in [-0.25, -0.2) is 0 Å². The van der Waals surface area contributed by atoms with Crippen LogP contribution in [-0.4, -0.2) is 34.3 Å². The molecule has 0 aromatic heterocycles. The quantitative estimate of drug-likeness (QED) is 0.852. The fourth-order valence-corrected chi connectivity index (χ4v) is 2.06. The van der Waals surface area contributed by atoms with E-state index >= 15 is 0 Å². The molecular weight excluding hydrogens is 282 g/mol. The maximum atomic E-state index is 12.7. The molecule has 2 aromatic carbocycles. The zero-order valence-electron chi connectivity index (χ0n) is 13.1. The molecule has 2 aromatic rings. The van der Waals surface area contributed by atoms with Crippen molar-refractivity contribution in [2.75, 3.05) is 33.3 Å². The third kappa shape index (κ3) is 3.31. The third-order valence-corrected chi connectivity index (χ3v) is 3.34. The Labute approximate surface area is 130 Å². The van der Waals surface area contributed by atoms with Crippen LogP contribution in [0.5, 0.6) is 17.2 Å². The summed E-state index contributed by atoms with van der Waals surface area (Å²) in [5.74, 6) is 1.68. The van der Waals surface area contributed by atoms with Crippen LogP contribution < -0.4 is 19.1 Å². The van der Waals surface area contributed by atoms with Crippen LogP contribution in [0.15, 0.2) is 42.5 Å². The van der Waals surface area contributed by atoms with E-state index in [9.17, 15) is 4.79 Å². The van der Waals surface area contributed by atoms with Crippen LogP contribution in [0.3, 0.4) is 0 Å². The maximum Gasteiger partial charge on any atom is 0.258 e. The number of methoxy groups -OCH3 is 3. The van der Waals surface area contributed by atoms with Crippen molar-refractivity contribution in [1.82, 2.24) is 0 Å². The van der Waals surface area contributed by atoms with Crippen LogP contribution in [-0.2, 0) is 0 Å². The highest BCUT2D eigenvalue weighted by molar-refractivity contribution is 6.06. The van der Waals surface area contributed by atoms with Gasteiger partial charge in [0.1, 0.15) is 17.2 Å². The monoisotopic (exact) mass is 301 g/mol. The number of nitrogens with zero attached hydrogens (tertiary/aromatic N) is 1. The van der Waals surface area contributed by atoms with Crippen molar-refractivity contribution in [3.05, 3.63) is 48.0 Å². The molecule has 0 saturated heterocycles. The zero-order chi connectivity index (χ0) is 16.1. The van der Waals surface area contributed by atoms with Crippen LogP contribution in [0.25, 0.3) is 0 Å². The van der Waals surface area contributed by atoms with E-state index in [-0.39, 0.29) is 5.91 Å². The average molecular weight is 301 g/mol. The van der Waals surface area contributed by atoms with Crippen molar-refractivity contribution in [3.63, 3.8) is 0 Å². The molecule has 0 heterocycles. The fourth-order valence-electron chi connectivity index (χ4n) is 2.06. The van der Waals surface area contributed by atoms with E-state index in [1.165, 1.54) is 0 Å². The van der Waals surface area contributed by atoms with Gasteiger partial charge in [-0.1, -0.05) is 6.07 Å². The second-order valence-corrected chi connectivity index (χ2v) is 4.67. The molecule has 0 bridgehead atoms. The largest absolute Gasteiger partial charge is 0.497 e. The lowest BCUT2D eigenvalue weighted by Gasteiger charge is -2.19. The van der Waals surface area contributed by atoms with E-state index in [2.05, 4.69) is 0 Å². The Bertz CT molecular complexity index is 647. The van der Waals surface area contributed by atoms with E-state index < -0.39 is 0 Å². The lowest BCUT2D eigenvalue weighted by Crippen LogP contribution is -2.26. The Balaban J connectivity index is 2.33. The summed E-state index contributed by atoms with van der Waals surface area (Å²) >= 11 is 0. The summed E-state index contributed by atoms with van der Waals surface area (Å²) in [5.41, 5.74) is 1.23. The highest BCUT2D eigenvalue weighted by Crippen LogP contribution is 2.26. The molecule has 2 rings (SSSR count). The summed E-state index contributed by atoms with van der Waals surface area (Å²) in [7, 11) is 6.40. The van der Waals surface area contributed by atoms with Gasteiger partial charge in [0.2, 0.25) is 0 Å².